The SMILES string of the molecule is COC(=O)Cc1c(COC[C@@H]2CN(C(=O)c3cnn(Cc4ccc(F)cc4)c3)CC23CN(C(=O)C2(C(F)(F)F)CC2)C3)cccc1C1CCC(C(F)(F)F)CC1. The maximum absolute atomic E-state index is 13.9. The normalized spacial score (nSPS) is 22.9. The van der Waals surface area contributed by atoms with Crippen molar-refractivity contribution in [2.45, 2.75) is 76.4 Å². The Morgan fingerprint density at radius 3 is 2.21 bits per heavy atom. The Morgan fingerprint density at radius 1 is 0.911 bits per heavy atom. The number of carbonyl (C=O) groups excluding carboxylic acids is 3. The number of aromatic nitrogens is 2. The molecule has 4 fully saturated rings. The third kappa shape index (κ3) is 7.90. The number of benzene rings is 2. The largest absolute Gasteiger partial charge is 0.469 e. The van der Waals surface area contributed by atoms with Crippen LogP contribution in [0.25, 0.3) is 0 Å². The van der Waals surface area contributed by atoms with E-state index in [1.807, 2.05) is 6.07 Å². The zero-order valence-electron chi connectivity index (χ0n) is 30.8. The van der Waals surface area contributed by atoms with Crippen LogP contribution in [0.2, 0.25) is 0 Å². The molecule has 0 unspecified atom stereocenters. The van der Waals surface area contributed by atoms with E-state index in [1.54, 1.807) is 40.0 Å². The van der Waals surface area contributed by atoms with Crippen molar-refractivity contribution in [1.82, 2.24) is 19.6 Å². The van der Waals surface area contributed by atoms with Gasteiger partial charge in [-0.3, -0.25) is 19.1 Å². The molecule has 0 radical (unpaired) electrons. The summed E-state index contributed by atoms with van der Waals surface area (Å²) in [5.41, 5.74) is 0.0349. The predicted molar refractivity (Wildman–Crippen MR) is 186 cm³/mol. The van der Waals surface area contributed by atoms with Crippen LogP contribution in [0.15, 0.2) is 54.9 Å². The van der Waals surface area contributed by atoms with E-state index >= 15 is 0 Å². The van der Waals surface area contributed by atoms with Gasteiger partial charge < -0.3 is 19.3 Å². The summed E-state index contributed by atoms with van der Waals surface area (Å²) in [6.07, 6.45) is -5.93. The molecular weight excluding hydrogens is 749 g/mol. The minimum Gasteiger partial charge on any atom is -0.469 e. The van der Waals surface area contributed by atoms with Crippen molar-refractivity contribution in [3.8, 4) is 0 Å². The van der Waals surface area contributed by atoms with Crippen molar-refractivity contribution >= 4 is 17.8 Å². The van der Waals surface area contributed by atoms with Crippen molar-refractivity contribution < 1.29 is 54.6 Å². The minimum absolute atomic E-state index is 0.00973. The van der Waals surface area contributed by atoms with Gasteiger partial charge in [0.25, 0.3) is 5.91 Å². The number of methoxy groups -OCH3 is 1. The molecule has 0 bridgehead atoms. The Balaban J connectivity index is 1.07. The molecule has 0 N–H and O–H groups in total. The molecule has 1 atom stereocenters. The lowest BCUT2D eigenvalue weighted by molar-refractivity contribution is -0.205. The van der Waals surface area contributed by atoms with E-state index in [4.69, 9.17) is 9.47 Å². The van der Waals surface area contributed by atoms with E-state index in [0.717, 1.165) is 11.1 Å². The highest BCUT2D eigenvalue weighted by atomic mass is 19.4. The first kappa shape index (κ1) is 39.8. The highest BCUT2D eigenvalue weighted by Gasteiger charge is 2.71. The summed E-state index contributed by atoms with van der Waals surface area (Å²) in [6, 6.07) is 11.3. The van der Waals surface area contributed by atoms with Crippen molar-refractivity contribution in [2.75, 3.05) is 39.9 Å². The van der Waals surface area contributed by atoms with Crippen molar-refractivity contribution in [2.24, 2.45) is 22.7 Å². The standard InChI is InChI=1S/C40H43F7N4O5/c1-55-34(52)15-33-27(3-2-4-32(33)26-7-9-29(10-8-26)39(42,43)44)20-56-21-30-19-49(22-37(30)23-50(24-37)36(54)38(13-14-38)40(45,46)47)35(53)28-16-48-51(18-28)17-25-5-11-31(41)12-6-25/h2-6,11-12,16,18,26,29-30H,7-10,13-15,17,19-24H2,1H3/t26?,29?,30-/m0/s1. The van der Waals surface area contributed by atoms with Crippen LogP contribution in [0, 0.1) is 28.5 Å². The lowest BCUT2D eigenvalue weighted by Gasteiger charge is -2.51. The molecule has 302 valence electrons. The number of amides is 2. The molecule has 16 heteroatoms. The van der Waals surface area contributed by atoms with Gasteiger partial charge in [0.2, 0.25) is 5.91 Å². The van der Waals surface area contributed by atoms with E-state index in [-0.39, 0.29) is 95.1 Å². The summed E-state index contributed by atoms with van der Waals surface area (Å²) in [6.45, 7) is 0.818. The number of alkyl halides is 6. The number of hydrogen-bond donors (Lipinski definition) is 0. The molecule has 9 nitrogen and oxygen atoms in total. The molecule has 56 heavy (non-hydrogen) atoms. The van der Waals surface area contributed by atoms with Crippen LogP contribution in [0.3, 0.4) is 0 Å². The minimum atomic E-state index is -4.66. The van der Waals surface area contributed by atoms with Gasteiger partial charge >= 0.3 is 18.3 Å². The maximum atomic E-state index is 13.9. The topological polar surface area (TPSA) is 94.0 Å². The number of halogens is 7. The smallest absolute Gasteiger partial charge is 0.403 e. The number of ether oxygens (including phenoxy) is 2. The van der Waals surface area contributed by atoms with Gasteiger partial charge in [-0.2, -0.15) is 31.4 Å². The third-order valence-corrected chi connectivity index (χ3v) is 12.3. The number of likely N-dealkylation sites (tertiary alicyclic amines) is 2. The summed E-state index contributed by atoms with van der Waals surface area (Å²) in [7, 11) is 1.26. The van der Waals surface area contributed by atoms with E-state index in [2.05, 4.69) is 5.10 Å². The number of carbonyl (C=O) groups is 3. The fraction of sp³-hybridized carbons (Fsp3) is 0.550. The number of esters is 1. The predicted octanol–water partition coefficient (Wildman–Crippen LogP) is 7.08. The molecular formula is C40H43F7N4O5. The molecule has 2 aromatic carbocycles. The van der Waals surface area contributed by atoms with Gasteiger partial charge in [-0.1, -0.05) is 30.3 Å². The van der Waals surface area contributed by atoms with Gasteiger partial charge in [-0.25, -0.2) is 4.39 Å². The van der Waals surface area contributed by atoms with Crippen LogP contribution in [-0.4, -0.2) is 89.6 Å². The molecule has 2 aliphatic carbocycles. The molecule has 2 amide bonds. The molecule has 3 heterocycles. The van der Waals surface area contributed by atoms with Crippen molar-refractivity contribution in [1.29, 1.82) is 0 Å². The monoisotopic (exact) mass is 792 g/mol. The molecule has 7 rings (SSSR count). The lowest BCUT2D eigenvalue weighted by atomic mass is 9.71. The first-order valence-electron chi connectivity index (χ1n) is 18.8. The summed E-state index contributed by atoms with van der Waals surface area (Å²) >= 11 is 0. The second-order valence-electron chi connectivity index (χ2n) is 15.9. The highest BCUT2D eigenvalue weighted by molar-refractivity contribution is 5.94. The molecule has 2 saturated heterocycles. The summed E-state index contributed by atoms with van der Waals surface area (Å²) in [5, 5.41) is 4.29. The van der Waals surface area contributed by atoms with Crippen molar-refractivity contribution in [3.63, 3.8) is 0 Å². The van der Waals surface area contributed by atoms with Crippen LogP contribution < -0.4 is 0 Å². The Hall–Kier alpha value is -4.47. The van der Waals surface area contributed by atoms with Crippen LogP contribution in [0.4, 0.5) is 30.7 Å². The van der Waals surface area contributed by atoms with Gasteiger partial charge in [0, 0.05) is 43.7 Å². The zero-order valence-corrected chi connectivity index (χ0v) is 30.8. The van der Waals surface area contributed by atoms with Gasteiger partial charge in [0.15, 0.2) is 0 Å². The third-order valence-electron chi connectivity index (χ3n) is 12.3. The van der Waals surface area contributed by atoms with Crippen LogP contribution in [0.5, 0.6) is 0 Å². The molecule has 2 aliphatic heterocycles. The zero-order chi connectivity index (χ0) is 40.0. The van der Waals surface area contributed by atoms with Crippen molar-refractivity contribution in [3.05, 3.63) is 88.5 Å². The fourth-order valence-electron chi connectivity index (χ4n) is 8.85. The number of rotatable bonds is 11. The van der Waals surface area contributed by atoms with Crippen LogP contribution >= 0.6 is 0 Å². The molecule has 1 spiro atoms. The summed E-state index contributed by atoms with van der Waals surface area (Å²) < 4.78 is 108. The lowest BCUT2D eigenvalue weighted by Crippen LogP contribution is -2.65. The van der Waals surface area contributed by atoms with Gasteiger partial charge in [-0.15, -0.1) is 0 Å². The van der Waals surface area contributed by atoms with E-state index in [1.165, 1.54) is 30.3 Å². The Labute approximate surface area is 319 Å². The maximum Gasteiger partial charge on any atom is 0.403 e. The average molecular weight is 793 g/mol. The molecule has 4 aliphatic rings. The quantitative estimate of drug-likeness (QED) is 0.152. The summed E-state index contributed by atoms with van der Waals surface area (Å²) in [5.74, 6) is -4.10. The van der Waals surface area contributed by atoms with E-state index in [0.29, 0.717) is 36.1 Å². The Morgan fingerprint density at radius 2 is 1.59 bits per heavy atom. The number of nitrogens with zero attached hydrogens (tertiary/aromatic N) is 4. The molecule has 2 saturated carbocycles. The Bertz CT molecular complexity index is 1930. The fourth-order valence-corrected chi connectivity index (χ4v) is 8.85. The molecule has 1 aromatic heterocycles. The van der Waals surface area contributed by atoms with Gasteiger partial charge in [0.05, 0.1) is 51.0 Å². The van der Waals surface area contributed by atoms with Crippen LogP contribution in [-0.2, 0) is 38.6 Å². The van der Waals surface area contributed by atoms with Crippen LogP contribution in [0.1, 0.15) is 77.1 Å². The van der Waals surface area contributed by atoms with E-state index < -0.39 is 41.0 Å². The Kier molecular flexibility index (Phi) is 10.7. The van der Waals surface area contributed by atoms with Gasteiger partial charge in [0.1, 0.15) is 11.2 Å². The summed E-state index contributed by atoms with van der Waals surface area (Å²) in [4.78, 5) is 42.4. The second kappa shape index (κ2) is 15.1. The van der Waals surface area contributed by atoms with Gasteiger partial charge in [-0.05, 0) is 78.8 Å². The average Bonchev–Trinajstić information content (AvgIpc) is 3.71. The number of hydrogen-bond acceptors (Lipinski definition) is 6. The highest BCUT2D eigenvalue weighted by Crippen LogP contribution is 2.60. The first-order valence-corrected chi connectivity index (χ1v) is 18.8. The second-order valence-corrected chi connectivity index (χ2v) is 15.9. The van der Waals surface area contributed by atoms with E-state index in [9.17, 15) is 45.1 Å². The first-order chi connectivity index (χ1) is 26.5. The molecule has 3 aromatic rings.